The van der Waals surface area contributed by atoms with Crippen LogP contribution in [0.3, 0.4) is 0 Å². The van der Waals surface area contributed by atoms with Crippen molar-refractivity contribution in [2.45, 2.75) is 45.1 Å². The summed E-state index contributed by atoms with van der Waals surface area (Å²) >= 11 is 1.53. The average Bonchev–Trinajstić information content (AvgIpc) is 3.20. The molecular formula is C14H20N4OS. The molecule has 0 radical (unpaired) electrons. The van der Waals surface area contributed by atoms with Crippen molar-refractivity contribution in [1.29, 1.82) is 0 Å². The Balaban J connectivity index is 1.68. The second-order valence-electron chi connectivity index (χ2n) is 5.29. The van der Waals surface area contributed by atoms with E-state index in [0.717, 1.165) is 29.7 Å². The summed E-state index contributed by atoms with van der Waals surface area (Å²) < 4.78 is 5.40. The molecule has 0 saturated heterocycles. The van der Waals surface area contributed by atoms with Crippen molar-refractivity contribution in [3.63, 3.8) is 0 Å². The molecule has 1 fully saturated rings. The Morgan fingerprint density at radius 3 is 3.00 bits per heavy atom. The SMILES string of the molecule is CCNC(Cc1nc(-c2cncs2)no1)C1CCCC1. The van der Waals surface area contributed by atoms with Gasteiger partial charge in [0, 0.05) is 18.7 Å². The van der Waals surface area contributed by atoms with Crippen LogP contribution in [0.25, 0.3) is 10.7 Å². The van der Waals surface area contributed by atoms with Crippen molar-refractivity contribution in [1.82, 2.24) is 20.4 Å². The van der Waals surface area contributed by atoms with Crippen LogP contribution in [-0.2, 0) is 6.42 Å². The van der Waals surface area contributed by atoms with E-state index in [1.165, 1.54) is 37.0 Å². The molecule has 1 unspecified atom stereocenters. The Bertz CT molecular complexity index is 519. The van der Waals surface area contributed by atoms with Gasteiger partial charge < -0.3 is 9.84 Å². The van der Waals surface area contributed by atoms with Crippen LogP contribution in [-0.4, -0.2) is 27.7 Å². The summed E-state index contributed by atoms with van der Waals surface area (Å²) in [4.78, 5) is 9.50. The molecule has 2 heterocycles. The van der Waals surface area contributed by atoms with Crippen molar-refractivity contribution in [3.8, 4) is 10.7 Å². The molecule has 5 nitrogen and oxygen atoms in total. The van der Waals surface area contributed by atoms with E-state index in [0.29, 0.717) is 11.9 Å². The molecule has 1 N–H and O–H groups in total. The Morgan fingerprint density at radius 2 is 2.30 bits per heavy atom. The van der Waals surface area contributed by atoms with Crippen molar-refractivity contribution in [3.05, 3.63) is 17.6 Å². The van der Waals surface area contributed by atoms with E-state index < -0.39 is 0 Å². The molecular weight excluding hydrogens is 272 g/mol. The molecule has 0 bridgehead atoms. The minimum Gasteiger partial charge on any atom is -0.339 e. The van der Waals surface area contributed by atoms with Crippen molar-refractivity contribution in [2.75, 3.05) is 6.54 Å². The van der Waals surface area contributed by atoms with Crippen molar-refractivity contribution in [2.24, 2.45) is 5.92 Å². The number of nitrogens with one attached hydrogen (secondary N) is 1. The number of hydrogen-bond donors (Lipinski definition) is 1. The minimum atomic E-state index is 0.456. The lowest BCUT2D eigenvalue weighted by Gasteiger charge is -2.22. The van der Waals surface area contributed by atoms with Crippen LogP contribution in [0.15, 0.2) is 16.2 Å². The predicted molar refractivity (Wildman–Crippen MR) is 78.5 cm³/mol. The molecule has 1 aliphatic rings. The first-order valence-electron chi connectivity index (χ1n) is 7.31. The number of likely N-dealkylation sites (N-methyl/N-ethyl adjacent to an activating group) is 1. The van der Waals surface area contributed by atoms with Gasteiger partial charge in [0.05, 0.1) is 10.4 Å². The highest BCUT2D eigenvalue weighted by Gasteiger charge is 2.26. The number of thiazole rings is 1. The maximum absolute atomic E-state index is 5.40. The zero-order valence-electron chi connectivity index (χ0n) is 11.7. The largest absolute Gasteiger partial charge is 0.339 e. The lowest BCUT2D eigenvalue weighted by molar-refractivity contribution is 0.311. The first kappa shape index (κ1) is 13.7. The number of hydrogen-bond acceptors (Lipinski definition) is 6. The fraction of sp³-hybridized carbons (Fsp3) is 0.643. The molecule has 0 amide bonds. The smallest absolute Gasteiger partial charge is 0.228 e. The Kier molecular flexibility index (Phi) is 4.42. The quantitative estimate of drug-likeness (QED) is 0.887. The molecule has 2 aromatic heterocycles. The molecule has 1 aliphatic carbocycles. The van der Waals surface area contributed by atoms with Gasteiger partial charge >= 0.3 is 0 Å². The summed E-state index contributed by atoms with van der Waals surface area (Å²) in [6, 6.07) is 0.456. The molecule has 6 heteroatoms. The average molecular weight is 292 g/mol. The maximum Gasteiger partial charge on any atom is 0.228 e. The second kappa shape index (κ2) is 6.45. The van der Waals surface area contributed by atoms with Gasteiger partial charge in [-0.1, -0.05) is 24.9 Å². The van der Waals surface area contributed by atoms with E-state index in [1.807, 2.05) is 0 Å². The van der Waals surface area contributed by atoms with Gasteiger partial charge in [0.15, 0.2) is 0 Å². The van der Waals surface area contributed by atoms with Gasteiger partial charge in [-0.05, 0) is 25.3 Å². The summed E-state index contributed by atoms with van der Waals surface area (Å²) in [7, 11) is 0. The molecule has 108 valence electrons. The zero-order valence-corrected chi connectivity index (χ0v) is 12.5. The normalized spacial score (nSPS) is 17.6. The van der Waals surface area contributed by atoms with Crippen LogP contribution < -0.4 is 5.32 Å². The fourth-order valence-electron chi connectivity index (χ4n) is 2.98. The van der Waals surface area contributed by atoms with E-state index in [9.17, 15) is 0 Å². The summed E-state index contributed by atoms with van der Waals surface area (Å²) in [5.41, 5.74) is 1.78. The minimum absolute atomic E-state index is 0.456. The van der Waals surface area contributed by atoms with Gasteiger partial charge in [0.1, 0.15) is 0 Å². The van der Waals surface area contributed by atoms with Gasteiger partial charge in [-0.2, -0.15) is 4.98 Å². The van der Waals surface area contributed by atoms with E-state index in [1.54, 1.807) is 11.7 Å². The molecule has 0 aromatic carbocycles. The van der Waals surface area contributed by atoms with E-state index >= 15 is 0 Å². The number of aromatic nitrogens is 3. The molecule has 3 rings (SSSR count). The Hall–Kier alpha value is -1.27. The third-order valence-electron chi connectivity index (χ3n) is 3.95. The first-order chi connectivity index (χ1) is 9.86. The standard InChI is InChI=1S/C14H20N4OS/c1-2-16-11(10-5-3-4-6-10)7-13-17-14(18-19-13)12-8-15-9-20-12/h8-11,16H,2-7H2,1H3. The monoisotopic (exact) mass is 292 g/mol. The van der Waals surface area contributed by atoms with Crippen LogP contribution >= 0.6 is 11.3 Å². The lowest BCUT2D eigenvalue weighted by Crippen LogP contribution is -2.37. The van der Waals surface area contributed by atoms with Gasteiger partial charge in [-0.25, -0.2) is 0 Å². The second-order valence-corrected chi connectivity index (χ2v) is 6.18. The number of nitrogens with zero attached hydrogens (tertiary/aromatic N) is 3. The predicted octanol–water partition coefficient (Wildman–Crippen LogP) is 2.90. The van der Waals surface area contributed by atoms with Crippen LogP contribution in [0.4, 0.5) is 0 Å². The van der Waals surface area contributed by atoms with Crippen LogP contribution in [0.2, 0.25) is 0 Å². The third-order valence-corrected chi connectivity index (χ3v) is 4.72. The van der Waals surface area contributed by atoms with E-state index in [2.05, 4.69) is 27.4 Å². The maximum atomic E-state index is 5.40. The molecule has 0 spiro atoms. The number of rotatable bonds is 6. The van der Waals surface area contributed by atoms with E-state index in [4.69, 9.17) is 4.52 Å². The van der Waals surface area contributed by atoms with Crippen LogP contribution in [0.5, 0.6) is 0 Å². The van der Waals surface area contributed by atoms with Gasteiger partial charge in [-0.3, -0.25) is 4.98 Å². The summed E-state index contributed by atoms with van der Waals surface area (Å²) in [5, 5.41) is 7.63. The highest BCUT2D eigenvalue weighted by atomic mass is 32.1. The Labute approximate surface area is 122 Å². The van der Waals surface area contributed by atoms with Crippen molar-refractivity contribution < 1.29 is 4.52 Å². The van der Waals surface area contributed by atoms with Gasteiger partial charge in [0.2, 0.25) is 11.7 Å². The topological polar surface area (TPSA) is 63.8 Å². The Morgan fingerprint density at radius 1 is 1.45 bits per heavy atom. The highest BCUT2D eigenvalue weighted by Crippen LogP contribution is 2.29. The van der Waals surface area contributed by atoms with Crippen LogP contribution in [0, 0.1) is 5.92 Å². The molecule has 2 aromatic rings. The molecule has 1 saturated carbocycles. The van der Waals surface area contributed by atoms with Crippen molar-refractivity contribution >= 4 is 11.3 Å². The molecule has 0 aliphatic heterocycles. The third kappa shape index (κ3) is 3.07. The van der Waals surface area contributed by atoms with Gasteiger partial charge in [-0.15, -0.1) is 11.3 Å². The lowest BCUT2D eigenvalue weighted by atomic mass is 9.95. The summed E-state index contributed by atoms with van der Waals surface area (Å²) in [5.74, 6) is 2.13. The highest BCUT2D eigenvalue weighted by molar-refractivity contribution is 7.13. The fourth-order valence-corrected chi connectivity index (χ4v) is 3.52. The van der Waals surface area contributed by atoms with Gasteiger partial charge in [0.25, 0.3) is 0 Å². The zero-order chi connectivity index (χ0) is 13.8. The molecule has 1 atom stereocenters. The summed E-state index contributed by atoms with van der Waals surface area (Å²) in [6.07, 6.45) is 7.92. The first-order valence-corrected chi connectivity index (χ1v) is 8.19. The van der Waals surface area contributed by atoms with E-state index in [-0.39, 0.29) is 0 Å². The molecule has 20 heavy (non-hydrogen) atoms. The van der Waals surface area contributed by atoms with Crippen LogP contribution in [0.1, 0.15) is 38.5 Å². The summed E-state index contributed by atoms with van der Waals surface area (Å²) in [6.45, 7) is 3.13.